The lowest BCUT2D eigenvalue weighted by atomic mass is 9.81. The summed E-state index contributed by atoms with van der Waals surface area (Å²) in [6.07, 6.45) is 6.23. The Hall–Kier alpha value is -3.93. The monoisotopic (exact) mass is 719 g/mol. The van der Waals surface area contributed by atoms with Crippen molar-refractivity contribution >= 4 is 30.0 Å². The van der Waals surface area contributed by atoms with E-state index in [1.165, 1.54) is 20.8 Å². The number of carbonyl (C=O) groups is 5. The number of aliphatic hydroxyl groups excluding tert-OH is 1. The number of aliphatic hydroxyl groups is 1. The summed E-state index contributed by atoms with van der Waals surface area (Å²) < 4.78 is 27.8. The van der Waals surface area contributed by atoms with Crippen LogP contribution in [0.5, 0.6) is 0 Å². The first-order chi connectivity index (χ1) is 23.7. The normalized spacial score (nSPS) is 24.9. The molecule has 1 amide bonds. The fourth-order valence-electron chi connectivity index (χ4n) is 6.88. The van der Waals surface area contributed by atoms with Crippen LogP contribution < -0.4 is 5.73 Å². The van der Waals surface area contributed by atoms with Gasteiger partial charge in [0.15, 0.2) is 0 Å². The molecule has 0 aromatic heterocycles. The number of rotatable bonds is 19. The third-order valence-corrected chi connectivity index (χ3v) is 9.44. The molecule has 288 valence electrons. The van der Waals surface area contributed by atoms with E-state index in [2.05, 4.69) is 6.58 Å². The minimum atomic E-state index is -0.921. The number of amides is 1. The molecule has 0 aliphatic carbocycles. The molecular formula is C39H61NO11. The van der Waals surface area contributed by atoms with E-state index in [-0.39, 0.29) is 36.0 Å². The summed E-state index contributed by atoms with van der Waals surface area (Å²) in [4.78, 5) is 60.1. The molecule has 0 aromatic rings. The number of hydrogen-bond acceptors (Lipinski definition) is 11. The summed E-state index contributed by atoms with van der Waals surface area (Å²) in [6, 6.07) is 0. The highest BCUT2D eigenvalue weighted by molar-refractivity contribution is 5.75. The van der Waals surface area contributed by atoms with Crippen molar-refractivity contribution in [3.05, 3.63) is 48.6 Å². The highest BCUT2D eigenvalue weighted by Crippen LogP contribution is 2.33. The van der Waals surface area contributed by atoms with Crippen LogP contribution in [0.3, 0.4) is 0 Å². The predicted molar refractivity (Wildman–Crippen MR) is 193 cm³/mol. The van der Waals surface area contributed by atoms with Crippen LogP contribution in [0.1, 0.15) is 89.0 Å². The summed E-state index contributed by atoms with van der Waals surface area (Å²) in [6.45, 7) is 22.4. The average molecular weight is 720 g/mol. The van der Waals surface area contributed by atoms with E-state index < -0.39 is 78.4 Å². The molecule has 0 radical (unpaired) electrons. The topological polar surface area (TPSA) is 178 Å². The highest BCUT2D eigenvalue weighted by atomic mass is 16.6. The Bertz CT molecular complexity index is 1290. The zero-order valence-electron chi connectivity index (χ0n) is 32.2. The molecule has 0 bridgehead atoms. The molecule has 12 heteroatoms. The van der Waals surface area contributed by atoms with Crippen LogP contribution in [0.25, 0.3) is 0 Å². The van der Waals surface area contributed by atoms with Crippen LogP contribution in [-0.2, 0) is 42.9 Å². The summed E-state index contributed by atoms with van der Waals surface area (Å²) in [5, 5.41) is 11.3. The Balaban J connectivity index is 3.11. The molecule has 0 aromatic carbocycles. The Morgan fingerprint density at radius 2 is 1.47 bits per heavy atom. The van der Waals surface area contributed by atoms with Gasteiger partial charge in [0.05, 0.1) is 12.0 Å². The molecule has 0 saturated carbocycles. The lowest BCUT2D eigenvalue weighted by Crippen LogP contribution is -2.49. The van der Waals surface area contributed by atoms with Crippen molar-refractivity contribution in [2.24, 2.45) is 47.2 Å². The molecule has 51 heavy (non-hydrogen) atoms. The van der Waals surface area contributed by atoms with Gasteiger partial charge in [0, 0.05) is 56.8 Å². The largest absolute Gasteiger partial charge is 0.462 e. The van der Waals surface area contributed by atoms with Gasteiger partial charge in [0.2, 0.25) is 0 Å². The number of nitrogens with two attached hydrogens (primary N) is 1. The Morgan fingerprint density at radius 1 is 0.863 bits per heavy atom. The summed E-state index contributed by atoms with van der Waals surface area (Å²) in [5.74, 6) is -4.39. The fraction of sp³-hybridized carbons (Fsp3) is 0.667. The summed E-state index contributed by atoms with van der Waals surface area (Å²) >= 11 is 0. The number of carbonyl (C=O) groups excluding carboxylic acids is 5. The SMILES string of the molecule is C=C/C=C\[C@H](C)[C@H](OC(N)=O)[C@H](C)[C@H](OC(C)=O)[C@@H](C)C/C(C)=C\[C@H](C)[C@@H](O)[C@@H](C)/C=C\[C@H](C[C@@H]1OC(=O)[C@H](C)[C@@H](OC(C)=O)[C@H]1C)OC(C)=O. The molecule has 1 fully saturated rings. The van der Waals surface area contributed by atoms with Crippen LogP contribution in [0.4, 0.5) is 4.79 Å². The van der Waals surface area contributed by atoms with E-state index in [0.717, 1.165) is 5.57 Å². The van der Waals surface area contributed by atoms with E-state index in [1.54, 1.807) is 31.2 Å². The first kappa shape index (κ1) is 45.1. The lowest BCUT2D eigenvalue weighted by molar-refractivity contribution is -0.189. The second-order valence-electron chi connectivity index (χ2n) is 14.2. The molecule has 1 rings (SSSR count). The van der Waals surface area contributed by atoms with Gasteiger partial charge in [-0.25, -0.2) is 4.79 Å². The van der Waals surface area contributed by atoms with Crippen molar-refractivity contribution in [3.8, 4) is 0 Å². The smallest absolute Gasteiger partial charge is 0.404 e. The predicted octanol–water partition coefficient (Wildman–Crippen LogP) is 6.01. The minimum absolute atomic E-state index is 0.152. The third-order valence-electron chi connectivity index (χ3n) is 9.44. The van der Waals surface area contributed by atoms with Crippen LogP contribution >= 0.6 is 0 Å². The maximum absolute atomic E-state index is 12.6. The lowest BCUT2D eigenvalue weighted by Gasteiger charge is -2.39. The van der Waals surface area contributed by atoms with E-state index >= 15 is 0 Å². The van der Waals surface area contributed by atoms with Crippen LogP contribution in [-0.4, -0.2) is 71.7 Å². The summed E-state index contributed by atoms with van der Waals surface area (Å²) in [5.41, 5.74) is 6.36. The van der Waals surface area contributed by atoms with Crippen molar-refractivity contribution in [2.75, 3.05) is 0 Å². The second-order valence-corrected chi connectivity index (χ2v) is 14.2. The second kappa shape index (κ2) is 21.4. The number of allylic oxidation sites excluding steroid dienone is 3. The quantitative estimate of drug-likeness (QED) is 0.0692. The summed E-state index contributed by atoms with van der Waals surface area (Å²) in [7, 11) is 0. The van der Waals surface area contributed by atoms with Gasteiger partial charge >= 0.3 is 30.0 Å². The van der Waals surface area contributed by atoms with E-state index in [1.807, 2.05) is 60.6 Å². The van der Waals surface area contributed by atoms with Crippen LogP contribution in [0, 0.1) is 41.4 Å². The van der Waals surface area contributed by atoms with Crippen LogP contribution in [0.2, 0.25) is 0 Å². The molecule has 1 heterocycles. The Labute approximate surface area is 303 Å². The van der Waals surface area contributed by atoms with Gasteiger partial charge in [-0.3, -0.25) is 19.2 Å². The number of esters is 4. The van der Waals surface area contributed by atoms with Crippen molar-refractivity contribution in [2.45, 2.75) is 126 Å². The standard InChI is InChI=1S/C39H61NO11/c1-13-14-15-23(4)35(51-39(40)46)27(8)36(48-30(11)42)25(6)19-21(2)18-24(5)34(44)22(3)16-17-32(47-29(10)41)20-33-26(7)37(49-31(12)43)28(9)38(45)50-33/h13-18,22-28,32-37,44H,1,19-20H2,2-12H3,(H2,40,46)/b15-14-,17-16-,21-18-/t22-,23-,24-,25-,26-,27-,28+,32+,33-,34-,35-,36+,37-/m0/s1. The van der Waals surface area contributed by atoms with Gasteiger partial charge < -0.3 is 34.5 Å². The van der Waals surface area contributed by atoms with E-state index in [4.69, 9.17) is 29.4 Å². The average Bonchev–Trinajstić information content (AvgIpc) is 3.02. The first-order valence-corrected chi connectivity index (χ1v) is 17.7. The Kier molecular flexibility index (Phi) is 19.0. The van der Waals surface area contributed by atoms with Gasteiger partial charge in [0.1, 0.15) is 30.5 Å². The van der Waals surface area contributed by atoms with Gasteiger partial charge in [-0.05, 0) is 32.3 Å². The number of hydrogen-bond donors (Lipinski definition) is 2. The molecule has 1 aliphatic rings. The van der Waals surface area contributed by atoms with Crippen molar-refractivity contribution in [1.29, 1.82) is 0 Å². The Morgan fingerprint density at radius 3 is 2.00 bits per heavy atom. The molecule has 12 nitrogen and oxygen atoms in total. The number of cyclic esters (lactones) is 1. The van der Waals surface area contributed by atoms with E-state index in [0.29, 0.717) is 6.42 Å². The zero-order valence-corrected chi connectivity index (χ0v) is 32.2. The fourth-order valence-corrected chi connectivity index (χ4v) is 6.88. The van der Waals surface area contributed by atoms with Crippen molar-refractivity contribution < 1.29 is 52.8 Å². The number of ether oxygens (including phenoxy) is 5. The maximum Gasteiger partial charge on any atom is 0.404 e. The maximum atomic E-state index is 12.6. The van der Waals surface area contributed by atoms with Gasteiger partial charge in [0.25, 0.3) is 0 Å². The molecule has 0 spiro atoms. The highest BCUT2D eigenvalue weighted by Gasteiger charge is 2.44. The zero-order chi connectivity index (χ0) is 39.2. The third kappa shape index (κ3) is 15.1. The molecular weight excluding hydrogens is 658 g/mol. The molecule has 13 atom stereocenters. The van der Waals surface area contributed by atoms with Gasteiger partial charge in [-0.2, -0.15) is 0 Å². The van der Waals surface area contributed by atoms with Crippen LogP contribution in [0.15, 0.2) is 48.6 Å². The number of primary amides is 1. The molecule has 0 unspecified atom stereocenters. The first-order valence-electron chi connectivity index (χ1n) is 17.7. The molecule has 3 N–H and O–H groups in total. The van der Waals surface area contributed by atoms with Crippen molar-refractivity contribution in [1.82, 2.24) is 0 Å². The minimum Gasteiger partial charge on any atom is -0.462 e. The van der Waals surface area contributed by atoms with Gasteiger partial charge in [-0.1, -0.05) is 84.1 Å². The molecule has 1 aliphatic heterocycles. The van der Waals surface area contributed by atoms with Gasteiger partial charge in [-0.15, -0.1) is 0 Å². The molecule has 1 saturated heterocycles. The van der Waals surface area contributed by atoms with E-state index in [9.17, 15) is 29.1 Å². The van der Waals surface area contributed by atoms with Crippen molar-refractivity contribution in [3.63, 3.8) is 0 Å².